The summed E-state index contributed by atoms with van der Waals surface area (Å²) in [7, 11) is 0. The highest BCUT2D eigenvalue weighted by Crippen LogP contribution is 2.47. The summed E-state index contributed by atoms with van der Waals surface area (Å²) in [6.07, 6.45) is 8.12. The maximum absolute atomic E-state index is 13.9. The average Bonchev–Trinajstić information content (AvgIpc) is 2.96. The molecule has 0 radical (unpaired) electrons. The van der Waals surface area contributed by atoms with Crippen LogP contribution in [0.5, 0.6) is 0 Å². The molecule has 9 nitrogen and oxygen atoms in total. The van der Waals surface area contributed by atoms with Gasteiger partial charge in [-0.1, -0.05) is 83.0 Å². The van der Waals surface area contributed by atoms with Gasteiger partial charge in [0.05, 0.1) is 6.04 Å². The Hall–Kier alpha value is -2.59. The first-order valence-corrected chi connectivity index (χ1v) is 14.6. The van der Waals surface area contributed by atoms with Gasteiger partial charge in [-0.15, -0.1) is 0 Å². The first kappa shape index (κ1) is 33.6. The number of Topliss-reactive ketones (excluding diaryl/α,β-unsaturated/α-hetero) is 1. The van der Waals surface area contributed by atoms with Gasteiger partial charge in [-0.25, -0.2) is 16.2 Å². The Morgan fingerprint density at radius 2 is 1.88 bits per heavy atom. The number of carbonyl (C=O) groups excluding carboxylic acids is 3. The SMILES string of the molecule is CCCC(C[C@H]([C@H](C/C=C/c1ccccc1)C(=O)NOC1CCCCO1)C(C)(C)CC)(C(=O)NN)C(=O)[C@@H](C)N. The zero-order valence-corrected chi connectivity index (χ0v) is 24.9. The summed E-state index contributed by atoms with van der Waals surface area (Å²) in [5.41, 5.74) is 10.1. The predicted molar refractivity (Wildman–Crippen MR) is 157 cm³/mol. The lowest BCUT2D eigenvalue weighted by Gasteiger charge is -2.44. The molecule has 5 atom stereocenters. The molecule has 1 aliphatic heterocycles. The Morgan fingerprint density at radius 1 is 1.18 bits per heavy atom. The van der Waals surface area contributed by atoms with E-state index in [4.69, 9.17) is 21.2 Å². The summed E-state index contributed by atoms with van der Waals surface area (Å²) >= 11 is 0. The van der Waals surface area contributed by atoms with Crippen LogP contribution in [0, 0.1) is 22.7 Å². The molecule has 224 valence electrons. The quantitative estimate of drug-likeness (QED) is 0.102. The number of hydrogen-bond donors (Lipinski definition) is 4. The van der Waals surface area contributed by atoms with Crippen LogP contribution in [0.25, 0.3) is 6.08 Å². The van der Waals surface area contributed by atoms with E-state index in [2.05, 4.69) is 24.8 Å². The molecular weight excluding hydrogens is 508 g/mol. The lowest BCUT2D eigenvalue weighted by Crippen LogP contribution is -2.56. The number of nitrogens with two attached hydrogens (primary N) is 2. The minimum Gasteiger partial charge on any atom is -0.350 e. The number of amides is 2. The molecule has 9 heteroatoms. The van der Waals surface area contributed by atoms with E-state index < -0.39 is 35.0 Å². The molecule has 6 N–H and O–H groups in total. The van der Waals surface area contributed by atoms with Gasteiger partial charge < -0.3 is 10.5 Å². The normalized spacial score (nSPS) is 19.8. The van der Waals surface area contributed by atoms with Gasteiger partial charge in [-0.2, -0.15) is 0 Å². The van der Waals surface area contributed by atoms with E-state index in [0.29, 0.717) is 25.9 Å². The van der Waals surface area contributed by atoms with Gasteiger partial charge >= 0.3 is 0 Å². The van der Waals surface area contributed by atoms with E-state index in [9.17, 15) is 14.4 Å². The van der Waals surface area contributed by atoms with Crippen molar-refractivity contribution in [1.82, 2.24) is 10.9 Å². The van der Waals surface area contributed by atoms with Crippen molar-refractivity contribution in [3.63, 3.8) is 0 Å². The van der Waals surface area contributed by atoms with Crippen LogP contribution in [0.4, 0.5) is 0 Å². The Kier molecular flexibility index (Phi) is 13.4. The van der Waals surface area contributed by atoms with E-state index in [-0.39, 0.29) is 30.4 Å². The minimum absolute atomic E-state index is 0.127. The first-order chi connectivity index (χ1) is 19.0. The highest BCUT2D eigenvalue weighted by molar-refractivity contribution is 6.08. The zero-order valence-electron chi connectivity index (χ0n) is 24.9. The molecule has 1 fully saturated rings. The van der Waals surface area contributed by atoms with E-state index in [1.807, 2.05) is 56.3 Å². The van der Waals surface area contributed by atoms with Crippen LogP contribution < -0.4 is 22.5 Å². The summed E-state index contributed by atoms with van der Waals surface area (Å²) in [5, 5.41) is 0. The molecule has 0 aromatic heterocycles. The molecular formula is C31H50N4O5. The van der Waals surface area contributed by atoms with Crippen molar-refractivity contribution >= 4 is 23.7 Å². The highest BCUT2D eigenvalue weighted by Gasteiger charge is 2.51. The molecule has 0 spiro atoms. The summed E-state index contributed by atoms with van der Waals surface area (Å²) < 4.78 is 5.64. The first-order valence-electron chi connectivity index (χ1n) is 14.6. The number of carbonyl (C=O) groups is 3. The Morgan fingerprint density at radius 3 is 2.42 bits per heavy atom. The number of hydrazine groups is 1. The smallest absolute Gasteiger partial charge is 0.247 e. The Balaban J connectivity index is 2.52. The fourth-order valence-corrected chi connectivity index (χ4v) is 5.62. The van der Waals surface area contributed by atoms with Gasteiger partial charge in [0, 0.05) is 18.9 Å². The number of rotatable bonds is 16. The third-order valence-electron chi connectivity index (χ3n) is 8.36. The van der Waals surface area contributed by atoms with Gasteiger partial charge in [0.2, 0.25) is 11.8 Å². The molecule has 2 unspecified atom stereocenters. The standard InChI is InChI=1S/C31H50N4O5/c1-6-19-31(29(38)34-33,27(36)22(3)32)21-25(30(4,5)7-2)24(17-13-16-23-14-9-8-10-15-23)28(37)35-40-26-18-11-12-20-39-26/h8-10,13-16,22,24-26H,6-7,11-12,17-21,32-33H2,1-5H3,(H,34,38)(H,35,37)/b16-13+/t22-,24+,25-,26?,31?/m1/s1. The summed E-state index contributed by atoms with van der Waals surface area (Å²) in [5.74, 6) is 3.38. The zero-order chi connectivity index (χ0) is 29.8. The molecule has 40 heavy (non-hydrogen) atoms. The number of ketones is 1. The third-order valence-corrected chi connectivity index (χ3v) is 8.36. The van der Waals surface area contributed by atoms with Crippen molar-refractivity contribution in [3.05, 3.63) is 42.0 Å². The number of nitrogens with one attached hydrogen (secondary N) is 2. The third kappa shape index (κ3) is 8.96. The van der Waals surface area contributed by atoms with E-state index in [1.54, 1.807) is 6.92 Å². The number of benzene rings is 1. The number of allylic oxidation sites excluding steroid dienone is 1. The molecule has 2 amide bonds. The maximum atomic E-state index is 13.9. The largest absolute Gasteiger partial charge is 0.350 e. The molecule has 0 bridgehead atoms. The van der Waals surface area contributed by atoms with Gasteiger partial charge in [-0.05, 0) is 55.9 Å². The minimum atomic E-state index is -1.47. The van der Waals surface area contributed by atoms with Crippen LogP contribution in [0.3, 0.4) is 0 Å². The van der Waals surface area contributed by atoms with Crippen LogP contribution in [-0.2, 0) is 24.0 Å². The van der Waals surface area contributed by atoms with Crippen molar-refractivity contribution in [2.24, 2.45) is 34.2 Å². The van der Waals surface area contributed by atoms with Crippen molar-refractivity contribution in [1.29, 1.82) is 0 Å². The second-order valence-electron chi connectivity index (χ2n) is 11.6. The summed E-state index contributed by atoms with van der Waals surface area (Å²) in [6.45, 7) is 10.3. The highest BCUT2D eigenvalue weighted by atomic mass is 16.8. The van der Waals surface area contributed by atoms with Crippen LogP contribution >= 0.6 is 0 Å². The topological polar surface area (TPSA) is 146 Å². The number of ether oxygens (including phenoxy) is 1. The Bertz CT molecular complexity index is 975. The molecule has 1 saturated heterocycles. The second kappa shape index (κ2) is 16.0. The van der Waals surface area contributed by atoms with Crippen LogP contribution in [0.2, 0.25) is 0 Å². The fourth-order valence-electron chi connectivity index (χ4n) is 5.62. The summed E-state index contributed by atoms with van der Waals surface area (Å²) in [4.78, 5) is 46.6. The number of hydroxylamine groups is 1. The van der Waals surface area contributed by atoms with Crippen LogP contribution in [0.1, 0.15) is 91.5 Å². The maximum Gasteiger partial charge on any atom is 0.247 e. The van der Waals surface area contributed by atoms with Gasteiger partial charge in [0.15, 0.2) is 12.1 Å². The van der Waals surface area contributed by atoms with Crippen LogP contribution in [0.15, 0.2) is 36.4 Å². The fraction of sp³-hybridized carbons (Fsp3) is 0.645. The molecule has 1 aliphatic rings. The van der Waals surface area contributed by atoms with Gasteiger partial charge in [-0.3, -0.25) is 19.8 Å². The molecule has 1 heterocycles. The Labute approximate surface area is 239 Å². The molecule has 0 saturated carbocycles. The molecule has 1 aromatic rings. The lowest BCUT2D eigenvalue weighted by molar-refractivity contribution is -0.203. The summed E-state index contributed by atoms with van der Waals surface area (Å²) in [6, 6.07) is 8.96. The van der Waals surface area contributed by atoms with E-state index >= 15 is 0 Å². The lowest BCUT2D eigenvalue weighted by atomic mass is 9.60. The monoisotopic (exact) mass is 558 g/mol. The van der Waals surface area contributed by atoms with Crippen molar-refractivity contribution in [2.45, 2.75) is 98.3 Å². The average molecular weight is 559 g/mol. The molecule has 2 rings (SSSR count). The van der Waals surface area contributed by atoms with Crippen molar-refractivity contribution in [2.75, 3.05) is 6.61 Å². The van der Waals surface area contributed by atoms with Crippen molar-refractivity contribution < 1.29 is 24.0 Å². The van der Waals surface area contributed by atoms with Gasteiger partial charge in [0.25, 0.3) is 0 Å². The molecule has 0 aliphatic carbocycles. The van der Waals surface area contributed by atoms with Crippen LogP contribution in [-0.4, -0.2) is 36.5 Å². The molecule has 1 aromatic carbocycles. The van der Waals surface area contributed by atoms with Crippen molar-refractivity contribution in [3.8, 4) is 0 Å². The van der Waals surface area contributed by atoms with Gasteiger partial charge in [0.1, 0.15) is 5.41 Å². The van der Waals surface area contributed by atoms with E-state index in [0.717, 1.165) is 24.8 Å². The second-order valence-corrected chi connectivity index (χ2v) is 11.6. The number of hydrogen-bond acceptors (Lipinski definition) is 7. The van der Waals surface area contributed by atoms with E-state index in [1.165, 1.54) is 0 Å². The predicted octanol–water partition coefficient (Wildman–Crippen LogP) is 4.42.